The molecule has 0 amide bonds. The van der Waals surface area contributed by atoms with Gasteiger partial charge in [0.1, 0.15) is 48.1 Å². The highest BCUT2D eigenvalue weighted by Crippen LogP contribution is 2.51. The summed E-state index contributed by atoms with van der Waals surface area (Å²) >= 11 is 0. The van der Waals surface area contributed by atoms with Crippen molar-refractivity contribution in [2.75, 3.05) is 19.1 Å². The number of fused-ring (bicyclic) bond motifs is 1. The fourth-order valence-corrected chi connectivity index (χ4v) is 7.76. The molecule has 53 heavy (non-hydrogen) atoms. The third kappa shape index (κ3) is 9.35. The van der Waals surface area contributed by atoms with E-state index in [1.54, 1.807) is 19.1 Å². The van der Waals surface area contributed by atoms with Crippen LogP contribution in [0, 0.1) is 23.2 Å². The minimum atomic E-state index is -4.64. The number of benzene rings is 1. The van der Waals surface area contributed by atoms with Crippen molar-refractivity contribution < 1.29 is 52.1 Å². The summed E-state index contributed by atoms with van der Waals surface area (Å²) in [6.45, 7) is 4.26. The number of hydrogen-bond donors (Lipinski definition) is 3. The van der Waals surface area contributed by atoms with E-state index in [0.29, 0.717) is 24.8 Å². The van der Waals surface area contributed by atoms with Gasteiger partial charge in [0, 0.05) is 0 Å². The zero-order valence-corrected chi connectivity index (χ0v) is 31.1. The number of aliphatic hydroxyl groups is 2. The van der Waals surface area contributed by atoms with Crippen LogP contribution in [0.1, 0.15) is 83.4 Å². The summed E-state index contributed by atoms with van der Waals surface area (Å²) in [7, 11) is -4.64. The fourth-order valence-electron chi connectivity index (χ4n) is 6.69. The molecule has 1 saturated heterocycles. The van der Waals surface area contributed by atoms with Gasteiger partial charge in [-0.3, -0.25) is 14.1 Å². The van der Waals surface area contributed by atoms with E-state index >= 15 is 0 Å². The summed E-state index contributed by atoms with van der Waals surface area (Å²) in [4.78, 5) is 29.3. The van der Waals surface area contributed by atoms with Crippen molar-refractivity contribution >= 4 is 31.1 Å². The Morgan fingerprint density at radius 1 is 1.09 bits per heavy atom. The molecule has 1 unspecified atom stereocenters. The number of carbonyl (C=O) groups excluding carboxylic acids is 2. The lowest BCUT2D eigenvalue weighted by molar-refractivity contribution is -0.157. The Kier molecular flexibility index (Phi) is 13.5. The van der Waals surface area contributed by atoms with Crippen LogP contribution >= 0.6 is 7.82 Å². The predicted octanol–water partition coefficient (Wildman–Crippen LogP) is 4.75. The molecule has 5 rings (SSSR count). The summed E-state index contributed by atoms with van der Waals surface area (Å²) in [5, 5.41) is 36.5. The molecule has 16 nitrogen and oxygen atoms in total. The number of phosphoric ester groups is 1. The van der Waals surface area contributed by atoms with Crippen LogP contribution in [0.5, 0.6) is 5.75 Å². The van der Waals surface area contributed by atoms with Crippen LogP contribution in [-0.4, -0.2) is 74.6 Å². The molecule has 17 heteroatoms. The first kappa shape index (κ1) is 40.1. The monoisotopic (exact) mass is 757 g/mol. The molecule has 3 heterocycles. The van der Waals surface area contributed by atoms with Crippen molar-refractivity contribution in [1.29, 1.82) is 5.26 Å². The van der Waals surface area contributed by atoms with Crippen LogP contribution < -0.4 is 10.3 Å². The van der Waals surface area contributed by atoms with E-state index in [1.165, 1.54) is 28.8 Å². The molecule has 1 aliphatic heterocycles. The zero-order valence-electron chi connectivity index (χ0n) is 30.2. The first-order valence-corrected chi connectivity index (χ1v) is 19.5. The number of carbonyl (C=O) groups is 2. The largest absolute Gasteiger partial charge is 0.533 e. The van der Waals surface area contributed by atoms with Crippen LogP contribution in [-0.2, 0) is 49.4 Å². The molecule has 1 aromatic carbocycles. The van der Waals surface area contributed by atoms with Crippen LogP contribution in [0.2, 0.25) is 0 Å². The van der Waals surface area contributed by atoms with Gasteiger partial charge in [0.15, 0.2) is 5.82 Å². The minimum Gasteiger partial charge on any atom is -0.462 e. The average Bonchev–Trinajstić information content (AvgIpc) is 3.88. The highest BCUT2D eigenvalue weighted by Gasteiger charge is 2.58. The van der Waals surface area contributed by atoms with Crippen molar-refractivity contribution in [3.05, 3.63) is 54.0 Å². The normalized spacial score (nSPS) is 23.5. The van der Waals surface area contributed by atoms with Crippen molar-refractivity contribution in [3.8, 4) is 11.8 Å². The average molecular weight is 758 g/mol. The molecule has 0 spiro atoms. The number of nitrogen functional groups attached to an aromatic ring is 1. The minimum absolute atomic E-state index is 0.0310. The van der Waals surface area contributed by atoms with Gasteiger partial charge in [0.25, 0.3) is 0 Å². The van der Waals surface area contributed by atoms with E-state index in [0.717, 1.165) is 50.4 Å². The van der Waals surface area contributed by atoms with E-state index in [4.69, 9.17) is 33.5 Å². The SMILES string of the molecule is CCCC(CCC)C(=O)OCOP(=O)(OC[C@H]1O[C@@](C#N)(c2ccc3c(N)ncnn23)[C@H](O)[C@@H]1O)Oc1ccc(C[C@H](C)C(=O)OC2CCCC2)cc1. The number of aliphatic hydroxyl groups excluding tert-OH is 2. The maximum Gasteiger partial charge on any atom is 0.533 e. The maximum absolute atomic E-state index is 14.1. The lowest BCUT2D eigenvalue weighted by atomic mass is 9.92. The van der Waals surface area contributed by atoms with Gasteiger partial charge >= 0.3 is 19.8 Å². The molecule has 1 saturated carbocycles. The van der Waals surface area contributed by atoms with Gasteiger partial charge in [0.05, 0.1) is 24.1 Å². The second kappa shape index (κ2) is 17.8. The second-order valence-electron chi connectivity index (χ2n) is 13.5. The quantitative estimate of drug-likeness (QED) is 0.0904. The van der Waals surface area contributed by atoms with Crippen LogP contribution in [0.25, 0.3) is 5.52 Å². The lowest BCUT2D eigenvalue weighted by Gasteiger charge is -2.24. The van der Waals surface area contributed by atoms with E-state index < -0.39 is 51.1 Å². The molecular weight excluding hydrogens is 709 g/mol. The Balaban J connectivity index is 1.29. The van der Waals surface area contributed by atoms with E-state index in [2.05, 4.69) is 10.1 Å². The molecule has 288 valence electrons. The molecule has 2 aliphatic rings. The molecule has 2 aromatic heterocycles. The number of rotatable bonds is 18. The Labute approximate surface area is 308 Å². The first-order chi connectivity index (χ1) is 25.4. The van der Waals surface area contributed by atoms with E-state index in [-0.39, 0.29) is 41.2 Å². The molecule has 4 N–H and O–H groups in total. The number of hydrogen-bond acceptors (Lipinski definition) is 15. The highest BCUT2D eigenvalue weighted by atomic mass is 31.2. The van der Waals surface area contributed by atoms with E-state index in [1.807, 2.05) is 19.9 Å². The Morgan fingerprint density at radius 2 is 1.79 bits per heavy atom. The molecular formula is C36H48N5O11P. The topological polar surface area (TPSA) is 227 Å². The van der Waals surface area contributed by atoms with E-state index in [9.17, 15) is 29.6 Å². The number of phosphoric acid groups is 1. The maximum atomic E-state index is 14.1. The van der Waals surface area contributed by atoms with Crippen molar-refractivity contribution in [3.63, 3.8) is 0 Å². The zero-order chi connectivity index (χ0) is 38.2. The third-order valence-electron chi connectivity index (χ3n) is 9.57. The molecule has 3 aromatic rings. The fraction of sp³-hybridized carbons (Fsp3) is 0.583. The summed E-state index contributed by atoms with van der Waals surface area (Å²) in [6, 6.07) is 11.4. The molecule has 2 fully saturated rings. The number of anilines is 1. The number of nitrogens with two attached hydrogens (primary N) is 1. The number of nitriles is 1. The van der Waals surface area contributed by atoms with Gasteiger partial charge in [-0.05, 0) is 74.8 Å². The van der Waals surface area contributed by atoms with Gasteiger partial charge in [-0.2, -0.15) is 10.4 Å². The molecule has 1 aliphatic carbocycles. The standard InChI is InChI=1S/C36H48N5O11P/c1-4-8-25(9-5-2)35(45)47-22-49-53(46,52-27-14-12-24(13-15-27)18-23(3)34(44)50-26-10-6-7-11-26)48-19-29-31(42)32(43)36(20-37,51-29)30-17-16-28-33(38)39-21-40-41(28)30/h12-17,21,23,25-26,29,31-32,42-43H,4-11,18-19,22H2,1-3H3,(H2,38,39,40)/t23-,29+,31+,32+,36-,53?/m0/s1. The Hall–Kier alpha value is -4.10. The third-order valence-corrected chi connectivity index (χ3v) is 10.9. The highest BCUT2D eigenvalue weighted by molar-refractivity contribution is 7.48. The van der Waals surface area contributed by atoms with Gasteiger partial charge in [0.2, 0.25) is 12.4 Å². The number of ether oxygens (including phenoxy) is 3. The van der Waals surface area contributed by atoms with Crippen molar-refractivity contribution in [1.82, 2.24) is 14.6 Å². The summed E-state index contributed by atoms with van der Waals surface area (Å²) in [5.74, 6) is -1.36. The summed E-state index contributed by atoms with van der Waals surface area (Å²) in [6.07, 6.45) is 3.25. The second-order valence-corrected chi connectivity index (χ2v) is 15.1. The van der Waals surface area contributed by atoms with Crippen LogP contribution in [0.15, 0.2) is 42.7 Å². The Morgan fingerprint density at radius 3 is 2.45 bits per heavy atom. The number of aromatic nitrogens is 3. The molecule has 0 bridgehead atoms. The van der Waals surface area contributed by atoms with Gasteiger partial charge < -0.3 is 34.7 Å². The first-order valence-electron chi connectivity index (χ1n) is 18.0. The number of esters is 2. The lowest BCUT2D eigenvalue weighted by Crippen LogP contribution is -2.41. The Bertz CT molecular complexity index is 1790. The summed E-state index contributed by atoms with van der Waals surface area (Å²) < 4.78 is 49.0. The van der Waals surface area contributed by atoms with Crippen molar-refractivity contribution in [2.45, 2.75) is 109 Å². The molecule has 0 radical (unpaired) electrons. The smallest absolute Gasteiger partial charge is 0.462 e. The van der Waals surface area contributed by atoms with Crippen LogP contribution in [0.3, 0.4) is 0 Å². The van der Waals surface area contributed by atoms with Crippen molar-refractivity contribution in [2.24, 2.45) is 11.8 Å². The van der Waals surface area contributed by atoms with Gasteiger partial charge in [-0.25, -0.2) is 18.6 Å². The number of nitrogens with zero attached hydrogens (tertiary/aromatic N) is 4. The van der Waals surface area contributed by atoms with Gasteiger partial charge in [-0.1, -0.05) is 45.7 Å². The molecule has 6 atom stereocenters. The summed E-state index contributed by atoms with van der Waals surface area (Å²) in [5.41, 5.74) is 5.01. The van der Waals surface area contributed by atoms with Gasteiger partial charge in [-0.15, -0.1) is 0 Å². The van der Waals surface area contributed by atoms with Crippen LogP contribution in [0.4, 0.5) is 5.82 Å². The predicted molar refractivity (Wildman–Crippen MR) is 189 cm³/mol.